The second-order valence-electron chi connectivity index (χ2n) is 2.30. The van der Waals surface area contributed by atoms with Crippen molar-refractivity contribution in [1.29, 1.82) is 0 Å². The van der Waals surface area contributed by atoms with Gasteiger partial charge in [0, 0.05) is 25.0 Å². The molecule has 0 unspecified atom stereocenters. The van der Waals surface area contributed by atoms with Gasteiger partial charge >= 0.3 is 0 Å². The molecule has 1 rings (SSSR count). The summed E-state index contributed by atoms with van der Waals surface area (Å²) in [6.07, 6.45) is 3.46. The number of aryl methyl sites for hydroxylation is 1. The summed E-state index contributed by atoms with van der Waals surface area (Å²) >= 11 is 0. The quantitative estimate of drug-likeness (QED) is 0.472. The van der Waals surface area contributed by atoms with Gasteiger partial charge in [-0.2, -0.15) is 0 Å². The van der Waals surface area contributed by atoms with Crippen molar-refractivity contribution in [2.45, 2.75) is 6.92 Å². The first kappa shape index (κ1) is 7.72. The minimum absolute atomic E-state index is 0.538. The average Bonchev–Trinajstić information content (AvgIpc) is 2.04. The summed E-state index contributed by atoms with van der Waals surface area (Å²) in [6, 6.07) is 1.91. The van der Waals surface area contributed by atoms with E-state index in [2.05, 4.69) is 9.98 Å². The van der Waals surface area contributed by atoms with Crippen molar-refractivity contribution in [3.05, 3.63) is 29.6 Å². The number of rotatable bonds is 1. The van der Waals surface area contributed by atoms with Gasteiger partial charge in [-0.05, 0) is 18.6 Å². The second-order valence-corrected chi connectivity index (χ2v) is 2.30. The van der Waals surface area contributed by atoms with Gasteiger partial charge in [-0.15, -0.1) is 0 Å². The maximum absolute atomic E-state index is 5.61. The van der Waals surface area contributed by atoms with E-state index in [-0.39, 0.29) is 0 Å². The predicted molar refractivity (Wildman–Crippen MR) is 45.6 cm³/mol. The van der Waals surface area contributed by atoms with Gasteiger partial charge in [0.05, 0.1) is 0 Å². The van der Waals surface area contributed by atoms with E-state index in [9.17, 15) is 0 Å². The first-order chi connectivity index (χ1) is 5.25. The molecule has 0 saturated carbocycles. The normalized spacial score (nSPS) is 11.6. The van der Waals surface area contributed by atoms with Crippen molar-refractivity contribution in [2.24, 2.45) is 10.7 Å². The molecule has 3 nitrogen and oxygen atoms in total. The summed E-state index contributed by atoms with van der Waals surface area (Å²) in [4.78, 5) is 7.83. The van der Waals surface area contributed by atoms with Crippen molar-refractivity contribution in [3.63, 3.8) is 0 Å². The summed E-state index contributed by atoms with van der Waals surface area (Å²) in [6.45, 7) is 1.98. The minimum Gasteiger partial charge on any atom is -0.383 e. The van der Waals surface area contributed by atoms with Crippen LogP contribution in [0.2, 0.25) is 0 Å². The van der Waals surface area contributed by atoms with Crippen LogP contribution in [0.3, 0.4) is 0 Å². The summed E-state index contributed by atoms with van der Waals surface area (Å²) in [5.74, 6) is 0.538. The lowest BCUT2D eigenvalue weighted by atomic mass is 10.1. The Kier molecular flexibility index (Phi) is 2.21. The smallest absolute Gasteiger partial charge is 0.127 e. The van der Waals surface area contributed by atoms with E-state index < -0.39 is 0 Å². The van der Waals surface area contributed by atoms with Crippen LogP contribution < -0.4 is 5.73 Å². The van der Waals surface area contributed by atoms with E-state index in [1.54, 1.807) is 19.4 Å². The molecule has 0 aliphatic heterocycles. The zero-order chi connectivity index (χ0) is 8.27. The van der Waals surface area contributed by atoms with Crippen LogP contribution in [0.1, 0.15) is 11.1 Å². The lowest BCUT2D eigenvalue weighted by Crippen LogP contribution is -2.14. The minimum atomic E-state index is 0.538. The molecule has 0 aliphatic rings. The van der Waals surface area contributed by atoms with Crippen LogP contribution in [-0.2, 0) is 0 Å². The summed E-state index contributed by atoms with van der Waals surface area (Å²) in [5, 5.41) is 0. The van der Waals surface area contributed by atoms with Crippen molar-refractivity contribution < 1.29 is 0 Å². The zero-order valence-electron chi connectivity index (χ0n) is 6.70. The molecule has 1 aromatic heterocycles. The molecule has 0 amide bonds. The second kappa shape index (κ2) is 3.14. The van der Waals surface area contributed by atoms with Gasteiger partial charge in [-0.1, -0.05) is 0 Å². The highest BCUT2D eigenvalue weighted by Crippen LogP contribution is 2.03. The Morgan fingerprint density at radius 1 is 1.64 bits per heavy atom. The third kappa shape index (κ3) is 1.55. The standard InChI is InChI=1S/C8H11N3/c1-6-3-4-11-5-7(6)8(9)10-2/h3-5H,1-2H3,(H2,9,10). The lowest BCUT2D eigenvalue weighted by Gasteiger charge is -2.01. The lowest BCUT2D eigenvalue weighted by molar-refractivity contribution is 1.25. The summed E-state index contributed by atoms with van der Waals surface area (Å²) in [5.41, 5.74) is 7.62. The highest BCUT2D eigenvalue weighted by molar-refractivity contribution is 5.98. The summed E-state index contributed by atoms with van der Waals surface area (Å²) < 4.78 is 0. The van der Waals surface area contributed by atoms with Crippen molar-refractivity contribution >= 4 is 5.84 Å². The van der Waals surface area contributed by atoms with Gasteiger partial charge in [-0.25, -0.2) is 0 Å². The van der Waals surface area contributed by atoms with Crippen LogP contribution in [-0.4, -0.2) is 17.9 Å². The van der Waals surface area contributed by atoms with Gasteiger partial charge < -0.3 is 5.73 Å². The van der Waals surface area contributed by atoms with Gasteiger partial charge in [-0.3, -0.25) is 9.98 Å². The predicted octanol–water partition coefficient (Wildman–Crippen LogP) is 0.725. The number of amidine groups is 1. The summed E-state index contributed by atoms with van der Waals surface area (Å²) in [7, 11) is 1.67. The molecule has 11 heavy (non-hydrogen) atoms. The molecule has 0 aliphatic carbocycles. The number of hydrogen-bond donors (Lipinski definition) is 1. The van der Waals surface area contributed by atoms with E-state index >= 15 is 0 Å². The van der Waals surface area contributed by atoms with Gasteiger partial charge in [0.25, 0.3) is 0 Å². The molecule has 3 heteroatoms. The molecular formula is C8H11N3. The fraction of sp³-hybridized carbons (Fsp3) is 0.250. The number of nitrogens with two attached hydrogens (primary N) is 1. The molecule has 58 valence electrons. The van der Waals surface area contributed by atoms with E-state index in [0.717, 1.165) is 11.1 Å². The third-order valence-corrected chi connectivity index (χ3v) is 1.56. The molecule has 1 aromatic rings. The number of pyridine rings is 1. The highest BCUT2D eigenvalue weighted by atomic mass is 14.8. The van der Waals surface area contributed by atoms with E-state index in [0.29, 0.717) is 5.84 Å². The highest BCUT2D eigenvalue weighted by Gasteiger charge is 1.99. The Balaban J connectivity index is 3.14. The van der Waals surface area contributed by atoms with Gasteiger partial charge in [0.2, 0.25) is 0 Å². The molecule has 0 atom stereocenters. The number of aromatic nitrogens is 1. The van der Waals surface area contributed by atoms with Crippen molar-refractivity contribution in [2.75, 3.05) is 7.05 Å². The molecule has 0 radical (unpaired) electrons. The molecule has 0 bridgehead atoms. The molecule has 0 spiro atoms. The Labute approximate surface area is 66.0 Å². The fourth-order valence-electron chi connectivity index (χ4n) is 0.853. The fourth-order valence-corrected chi connectivity index (χ4v) is 0.853. The number of aliphatic imine (C=N–C) groups is 1. The Bertz CT molecular complexity index is 278. The topological polar surface area (TPSA) is 51.3 Å². The zero-order valence-corrected chi connectivity index (χ0v) is 6.70. The van der Waals surface area contributed by atoms with Crippen molar-refractivity contribution in [1.82, 2.24) is 4.98 Å². The molecular weight excluding hydrogens is 138 g/mol. The average molecular weight is 149 g/mol. The van der Waals surface area contributed by atoms with Crippen molar-refractivity contribution in [3.8, 4) is 0 Å². The molecule has 2 N–H and O–H groups in total. The van der Waals surface area contributed by atoms with E-state index in [1.165, 1.54) is 0 Å². The monoisotopic (exact) mass is 149 g/mol. The van der Waals surface area contributed by atoms with Crippen LogP contribution in [0.4, 0.5) is 0 Å². The van der Waals surface area contributed by atoms with Gasteiger partial charge in [0.15, 0.2) is 0 Å². The maximum atomic E-state index is 5.61. The molecule has 1 heterocycles. The Morgan fingerprint density at radius 2 is 2.36 bits per heavy atom. The van der Waals surface area contributed by atoms with Crippen LogP contribution in [0.25, 0.3) is 0 Å². The van der Waals surface area contributed by atoms with Crippen LogP contribution in [0, 0.1) is 6.92 Å². The number of hydrogen-bond acceptors (Lipinski definition) is 2. The Morgan fingerprint density at radius 3 is 2.91 bits per heavy atom. The number of nitrogens with zero attached hydrogens (tertiary/aromatic N) is 2. The van der Waals surface area contributed by atoms with Crippen LogP contribution in [0.15, 0.2) is 23.5 Å². The Hall–Kier alpha value is -1.38. The van der Waals surface area contributed by atoms with E-state index in [1.807, 2.05) is 13.0 Å². The SMILES string of the molecule is CN=C(N)c1cnccc1C. The third-order valence-electron chi connectivity index (χ3n) is 1.56. The maximum Gasteiger partial charge on any atom is 0.127 e. The van der Waals surface area contributed by atoms with Crippen LogP contribution in [0.5, 0.6) is 0 Å². The largest absolute Gasteiger partial charge is 0.383 e. The molecule has 0 fully saturated rings. The first-order valence-corrected chi connectivity index (χ1v) is 3.39. The molecule has 0 saturated heterocycles. The van der Waals surface area contributed by atoms with Crippen LogP contribution >= 0.6 is 0 Å². The first-order valence-electron chi connectivity index (χ1n) is 3.39. The van der Waals surface area contributed by atoms with Gasteiger partial charge in [0.1, 0.15) is 5.84 Å². The van der Waals surface area contributed by atoms with E-state index in [4.69, 9.17) is 5.73 Å². The molecule has 0 aromatic carbocycles.